The zero-order valence-electron chi connectivity index (χ0n) is 9.77. The van der Waals surface area contributed by atoms with E-state index >= 15 is 0 Å². The van der Waals surface area contributed by atoms with E-state index < -0.39 is 0 Å². The molecule has 0 bridgehead atoms. The Morgan fingerprint density at radius 1 is 1.17 bits per heavy atom. The molecule has 1 N–H and O–H groups in total. The first kappa shape index (κ1) is 11.3. The van der Waals surface area contributed by atoms with Crippen molar-refractivity contribution in [1.82, 2.24) is 9.97 Å². The Hall–Kier alpha value is -1.81. The van der Waals surface area contributed by atoms with Gasteiger partial charge in [0.15, 0.2) is 0 Å². The van der Waals surface area contributed by atoms with Crippen LogP contribution in [0.15, 0.2) is 46.9 Å². The Bertz CT molecular complexity index is 673. The number of hydrogen-bond donors (Lipinski definition) is 1. The molecule has 18 heavy (non-hydrogen) atoms. The number of halogens is 1. The van der Waals surface area contributed by atoms with Crippen molar-refractivity contribution in [2.45, 2.75) is 0 Å². The van der Waals surface area contributed by atoms with Gasteiger partial charge in [-0.1, -0.05) is 12.1 Å². The molecule has 0 fully saturated rings. The molecule has 0 unspecified atom stereocenters. The monoisotopic (exact) mass is 302 g/mol. The average Bonchev–Trinajstić information content (AvgIpc) is 2.81. The van der Waals surface area contributed by atoms with E-state index in [1.807, 2.05) is 42.5 Å². The Balaban J connectivity index is 2.14. The minimum atomic E-state index is 0.821. The van der Waals surface area contributed by atoms with Crippen LogP contribution in [0, 0.1) is 0 Å². The van der Waals surface area contributed by atoms with Crippen LogP contribution < -0.4 is 4.74 Å². The third-order valence-corrected chi connectivity index (χ3v) is 3.48. The average molecular weight is 303 g/mol. The lowest BCUT2D eigenvalue weighted by molar-refractivity contribution is 0.414. The fourth-order valence-electron chi connectivity index (χ4n) is 1.90. The largest absolute Gasteiger partial charge is 0.497 e. The molecule has 0 radical (unpaired) electrons. The summed E-state index contributed by atoms with van der Waals surface area (Å²) >= 11 is 3.54. The minimum absolute atomic E-state index is 0.821. The van der Waals surface area contributed by atoms with Crippen molar-refractivity contribution in [1.29, 1.82) is 0 Å². The van der Waals surface area contributed by atoms with Crippen molar-refractivity contribution < 1.29 is 4.74 Å². The maximum absolute atomic E-state index is 5.18. The maximum atomic E-state index is 5.18. The maximum Gasteiger partial charge on any atom is 0.139 e. The molecular weight excluding hydrogens is 292 g/mol. The molecule has 3 aromatic rings. The van der Waals surface area contributed by atoms with Crippen molar-refractivity contribution in [2.75, 3.05) is 7.11 Å². The number of aromatic amines is 1. The van der Waals surface area contributed by atoms with Gasteiger partial charge in [-0.15, -0.1) is 0 Å². The molecule has 0 spiro atoms. The van der Waals surface area contributed by atoms with E-state index in [1.165, 1.54) is 0 Å². The van der Waals surface area contributed by atoms with E-state index in [-0.39, 0.29) is 0 Å². The summed E-state index contributed by atoms with van der Waals surface area (Å²) in [6.07, 6.45) is 0. The summed E-state index contributed by atoms with van der Waals surface area (Å²) in [5, 5.41) is 0. The summed E-state index contributed by atoms with van der Waals surface area (Å²) in [5.74, 6) is 1.67. The summed E-state index contributed by atoms with van der Waals surface area (Å²) in [6.45, 7) is 0. The fourth-order valence-corrected chi connectivity index (χ4v) is 2.44. The minimum Gasteiger partial charge on any atom is -0.497 e. The van der Waals surface area contributed by atoms with E-state index in [9.17, 15) is 0 Å². The topological polar surface area (TPSA) is 37.9 Å². The summed E-state index contributed by atoms with van der Waals surface area (Å²) in [6, 6.07) is 13.8. The van der Waals surface area contributed by atoms with Gasteiger partial charge in [-0.3, -0.25) is 0 Å². The van der Waals surface area contributed by atoms with Gasteiger partial charge in [-0.2, -0.15) is 0 Å². The lowest BCUT2D eigenvalue weighted by Crippen LogP contribution is -1.86. The van der Waals surface area contributed by atoms with E-state index in [1.54, 1.807) is 7.11 Å². The molecule has 0 atom stereocenters. The molecule has 0 aliphatic rings. The molecule has 90 valence electrons. The number of nitrogens with one attached hydrogen (secondary N) is 1. The number of aromatic nitrogens is 2. The van der Waals surface area contributed by atoms with Gasteiger partial charge in [0.1, 0.15) is 11.6 Å². The van der Waals surface area contributed by atoms with Crippen LogP contribution in [0.4, 0.5) is 0 Å². The first-order chi connectivity index (χ1) is 8.78. The van der Waals surface area contributed by atoms with Gasteiger partial charge in [0.2, 0.25) is 0 Å². The Labute approximate surface area is 113 Å². The van der Waals surface area contributed by atoms with Crippen LogP contribution >= 0.6 is 15.9 Å². The zero-order valence-corrected chi connectivity index (χ0v) is 11.4. The number of rotatable bonds is 2. The van der Waals surface area contributed by atoms with Crippen molar-refractivity contribution in [2.24, 2.45) is 0 Å². The van der Waals surface area contributed by atoms with Gasteiger partial charge in [0, 0.05) is 10.0 Å². The van der Waals surface area contributed by atoms with E-state index in [0.29, 0.717) is 0 Å². The SMILES string of the molecule is COc1ccc(-c2nc3ccccc3[nH]2)c(Br)c1. The number of para-hydroxylation sites is 2. The molecule has 0 aliphatic heterocycles. The highest BCUT2D eigenvalue weighted by Crippen LogP contribution is 2.30. The summed E-state index contributed by atoms with van der Waals surface area (Å²) in [7, 11) is 1.66. The number of imidazole rings is 1. The second-order valence-electron chi connectivity index (χ2n) is 3.95. The Morgan fingerprint density at radius 2 is 2.00 bits per heavy atom. The van der Waals surface area contributed by atoms with Crippen LogP contribution in [0.25, 0.3) is 22.4 Å². The van der Waals surface area contributed by atoms with Crippen molar-refractivity contribution in [3.63, 3.8) is 0 Å². The first-order valence-electron chi connectivity index (χ1n) is 5.56. The second kappa shape index (κ2) is 4.46. The molecule has 0 saturated carbocycles. The molecule has 1 aromatic heterocycles. The molecule has 0 saturated heterocycles. The Kier molecular flexibility index (Phi) is 2.80. The predicted octanol–water partition coefficient (Wildman–Crippen LogP) is 4.00. The summed E-state index contributed by atoms with van der Waals surface area (Å²) < 4.78 is 6.14. The molecule has 4 heteroatoms. The third-order valence-electron chi connectivity index (χ3n) is 2.82. The van der Waals surface area contributed by atoms with E-state index in [0.717, 1.165) is 32.6 Å². The van der Waals surface area contributed by atoms with Gasteiger partial charge in [0.25, 0.3) is 0 Å². The fraction of sp³-hybridized carbons (Fsp3) is 0.0714. The third kappa shape index (κ3) is 1.88. The van der Waals surface area contributed by atoms with Crippen molar-refractivity contribution in [3.8, 4) is 17.1 Å². The predicted molar refractivity (Wildman–Crippen MR) is 75.8 cm³/mol. The molecule has 3 rings (SSSR count). The van der Waals surface area contributed by atoms with Crippen LogP contribution in [0.3, 0.4) is 0 Å². The van der Waals surface area contributed by atoms with Gasteiger partial charge in [0.05, 0.1) is 18.1 Å². The second-order valence-corrected chi connectivity index (χ2v) is 4.80. The number of fused-ring (bicyclic) bond motifs is 1. The number of H-pyrrole nitrogens is 1. The number of ether oxygens (including phenoxy) is 1. The zero-order chi connectivity index (χ0) is 12.5. The van der Waals surface area contributed by atoms with E-state index in [2.05, 4.69) is 25.9 Å². The van der Waals surface area contributed by atoms with Crippen LogP contribution in [-0.4, -0.2) is 17.1 Å². The van der Waals surface area contributed by atoms with Gasteiger partial charge >= 0.3 is 0 Å². The number of benzene rings is 2. The molecule has 2 aromatic carbocycles. The molecule has 0 aliphatic carbocycles. The lowest BCUT2D eigenvalue weighted by atomic mass is 10.2. The quantitative estimate of drug-likeness (QED) is 0.777. The van der Waals surface area contributed by atoms with Crippen LogP contribution in [0.5, 0.6) is 5.75 Å². The normalized spacial score (nSPS) is 10.8. The number of nitrogens with zero attached hydrogens (tertiary/aromatic N) is 1. The summed E-state index contributed by atoms with van der Waals surface area (Å²) in [4.78, 5) is 7.88. The highest BCUT2D eigenvalue weighted by atomic mass is 79.9. The van der Waals surface area contributed by atoms with Gasteiger partial charge in [-0.05, 0) is 46.3 Å². The summed E-state index contributed by atoms with van der Waals surface area (Å²) in [5.41, 5.74) is 3.03. The number of hydrogen-bond acceptors (Lipinski definition) is 2. The molecule has 0 amide bonds. The highest BCUT2D eigenvalue weighted by molar-refractivity contribution is 9.10. The smallest absolute Gasteiger partial charge is 0.139 e. The standard InChI is InChI=1S/C14H11BrN2O/c1-18-9-6-7-10(11(15)8-9)14-16-12-4-2-3-5-13(12)17-14/h2-8H,1H3,(H,16,17). The molecular formula is C14H11BrN2O. The van der Waals surface area contributed by atoms with Gasteiger partial charge < -0.3 is 9.72 Å². The van der Waals surface area contributed by atoms with Crippen molar-refractivity contribution >= 4 is 27.0 Å². The van der Waals surface area contributed by atoms with Gasteiger partial charge in [-0.25, -0.2) is 4.98 Å². The Morgan fingerprint density at radius 3 is 2.72 bits per heavy atom. The number of methoxy groups -OCH3 is 1. The van der Waals surface area contributed by atoms with Crippen LogP contribution in [0.1, 0.15) is 0 Å². The van der Waals surface area contributed by atoms with Crippen LogP contribution in [-0.2, 0) is 0 Å². The lowest BCUT2D eigenvalue weighted by Gasteiger charge is -2.04. The molecule has 1 heterocycles. The molecule has 3 nitrogen and oxygen atoms in total. The van der Waals surface area contributed by atoms with Crippen LogP contribution in [0.2, 0.25) is 0 Å². The van der Waals surface area contributed by atoms with E-state index in [4.69, 9.17) is 4.74 Å². The highest BCUT2D eigenvalue weighted by Gasteiger charge is 2.09. The first-order valence-corrected chi connectivity index (χ1v) is 6.36. The van der Waals surface area contributed by atoms with Crippen molar-refractivity contribution in [3.05, 3.63) is 46.9 Å².